The lowest BCUT2D eigenvalue weighted by Gasteiger charge is -2.38. The highest BCUT2D eigenvalue weighted by atomic mass is 32.2. The van der Waals surface area contributed by atoms with Gasteiger partial charge >= 0.3 is 0 Å². The average molecular weight is 343 g/mol. The first kappa shape index (κ1) is 17.8. The number of hydrogen-bond acceptors (Lipinski definition) is 6. The van der Waals surface area contributed by atoms with E-state index in [9.17, 15) is 18.5 Å². The minimum Gasteiger partial charge on any atom is -0.385 e. The zero-order valence-electron chi connectivity index (χ0n) is 12.9. The number of rotatable bonds is 7. The first-order valence-electron chi connectivity index (χ1n) is 7.37. The van der Waals surface area contributed by atoms with Crippen LogP contribution in [0.2, 0.25) is 0 Å². The Bertz CT molecular complexity index is 656. The van der Waals surface area contributed by atoms with E-state index in [0.717, 1.165) is 0 Å². The number of sulfonamides is 1. The normalized spacial score (nSPS) is 17.8. The number of benzene rings is 1. The maximum Gasteiger partial charge on any atom is 0.289 e. The molecule has 0 aromatic heterocycles. The van der Waals surface area contributed by atoms with Crippen LogP contribution in [0.4, 0.5) is 5.69 Å². The van der Waals surface area contributed by atoms with Crippen LogP contribution in [-0.2, 0) is 14.8 Å². The summed E-state index contributed by atoms with van der Waals surface area (Å²) in [5.74, 6) is 0. The molecule has 2 rings (SSSR count). The van der Waals surface area contributed by atoms with E-state index in [4.69, 9.17) is 4.74 Å². The van der Waals surface area contributed by atoms with Gasteiger partial charge in [-0.05, 0) is 38.4 Å². The van der Waals surface area contributed by atoms with Crippen LogP contribution in [0.1, 0.15) is 19.3 Å². The van der Waals surface area contributed by atoms with Gasteiger partial charge in [-0.1, -0.05) is 12.1 Å². The molecule has 1 saturated heterocycles. The Hall–Kier alpha value is -1.55. The molecule has 2 N–H and O–H groups in total. The SMILES string of the molecule is COCCC1(NS(=O)(=O)c2ccccc2[N+](=O)[O-])CCNCC1. The number of ether oxygens (including phenoxy) is 1. The third-order valence-corrected chi connectivity index (χ3v) is 5.67. The Morgan fingerprint density at radius 3 is 2.61 bits per heavy atom. The van der Waals surface area contributed by atoms with Gasteiger partial charge in [0.25, 0.3) is 5.69 Å². The zero-order chi connectivity index (χ0) is 16.9. The monoisotopic (exact) mass is 343 g/mol. The van der Waals surface area contributed by atoms with Crippen molar-refractivity contribution in [2.24, 2.45) is 0 Å². The minimum absolute atomic E-state index is 0.305. The van der Waals surface area contributed by atoms with Crippen LogP contribution in [0.15, 0.2) is 29.2 Å². The topological polar surface area (TPSA) is 111 Å². The zero-order valence-corrected chi connectivity index (χ0v) is 13.8. The first-order valence-corrected chi connectivity index (χ1v) is 8.86. The number of nitrogens with one attached hydrogen (secondary N) is 2. The second kappa shape index (κ2) is 7.35. The van der Waals surface area contributed by atoms with Gasteiger partial charge in [-0.25, -0.2) is 13.1 Å². The third-order valence-electron chi connectivity index (χ3n) is 4.05. The minimum atomic E-state index is -4.00. The molecule has 0 unspecified atom stereocenters. The smallest absolute Gasteiger partial charge is 0.289 e. The second-order valence-electron chi connectivity index (χ2n) is 5.60. The molecule has 1 aromatic carbocycles. The maximum absolute atomic E-state index is 12.7. The van der Waals surface area contributed by atoms with E-state index < -0.39 is 26.2 Å². The molecule has 1 aromatic rings. The summed E-state index contributed by atoms with van der Waals surface area (Å²) in [6.07, 6.45) is 1.73. The lowest BCUT2D eigenvalue weighted by molar-refractivity contribution is -0.387. The number of nitrogens with zero attached hydrogens (tertiary/aromatic N) is 1. The van der Waals surface area contributed by atoms with Crippen molar-refractivity contribution in [3.8, 4) is 0 Å². The van der Waals surface area contributed by atoms with Crippen LogP contribution >= 0.6 is 0 Å². The molecular weight excluding hydrogens is 322 g/mol. The van der Waals surface area contributed by atoms with Crippen LogP contribution in [-0.4, -0.2) is 45.7 Å². The Labute approximate surface area is 135 Å². The van der Waals surface area contributed by atoms with Crippen LogP contribution in [0.3, 0.4) is 0 Å². The largest absolute Gasteiger partial charge is 0.385 e. The summed E-state index contributed by atoms with van der Waals surface area (Å²) in [6.45, 7) is 1.78. The van der Waals surface area contributed by atoms with Crippen LogP contribution in [0, 0.1) is 10.1 Å². The van der Waals surface area contributed by atoms with E-state index in [-0.39, 0.29) is 4.90 Å². The van der Waals surface area contributed by atoms with Gasteiger partial charge in [0.2, 0.25) is 10.0 Å². The van der Waals surface area contributed by atoms with Crippen molar-refractivity contribution in [2.75, 3.05) is 26.8 Å². The van der Waals surface area contributed by atoms with E-state index in [1.807, 2.05) is 0 Å². The van der Waals surface area contributed by atoms with Crippen molar-refractivity contribution in [1.82, 2.24) is 10.0 Å². The van der Waals surface area contributed by atoms with E-state index >= 15 is 0 Å². The number of methoxy groups -OCH3 is 1. The fraction of sp³-hybridized carbons (Fsp3) is 0.571. The molecule has 1 heterocycles. The number of piperidine rings is 1. The summed E-state index contributed by atoms with van der Waals surface area (Å²) >= 11 is 0. The number of hydrogen-bond donors (Lipinski definition) is 2. The lowest BCUT2D eigenvalue weighted by Crippen LogP contribution is -2.54. The molecule has 128 valence electrons. The predicted molar refractivity (Wildman–Crippen MR) is 84.7 cm³/mol. The van der Waals surface area contributed by atoms with Gasteiger partial charge in [0, 0.05) is 25.3 Å². The number of nitro groups is 1. The Morgan fingerprint density at radius 2 is 2.00 bits per heavy atom. The summed E-state index contributed by atoms with van der Waals surface area (Å²) < 4.78 is 33.2. The Kier molecular flexibility index (Phi) is 5.69. The molecule has 1 aliphatic rings. The number of nitro benzene ring substituents is 1. The third kappa shape index (κ3) is 4.25. The molecule has 0 spiro atoms. The standard InChI is InChI=1S/C14H21N3O5S/c1-22-11-8-14(6-9-15-10-7-14)16-23(20,21)13-5-3-2-4-12(13)17(18)19/h2-5,15-16H,6-11H2,1H3. The highest BCUT2D eigenvalue weighted by molar-refractivity contribution is 7.89. The van der Waals surface area contributed by atoms with Gasteiger partial charge in [-0.15, -0.1) is 0 Å². The quantitative estimate of drug-likeness (QED) is 0.565. The highest BCUT2D eigenvalue weighted by Gasteiger charge is 2.38. The summed E-state index contributed by atoms with van der Waals surface area (Å²) in [5, 5.41) is 14.3. The highest BCUT2D eigenvalue weighted by Crippen LogP contribution is 2.28. The maximum atomic E-state index is 12.7. The van der Waals surface area contributed by atoms with Crippen molar-refractivity contribution in [3.05, 3.63) is 34.4 Å². The van der Waals surface area contributed by atoms with E-state index in [1.165, 1.54) is 24.3 Å². The van der Waals surface area contributed by atoms with Gasteiger partial charge in [0.15, 0.2) is 4.90 Å². The molecular formula is C14H21N3O5S. The van der Waals surface area contributed by atoms with Gasteiger partial charge in [0.05, 0.1) is 4.92 Å². The van der Waals surface area contributed by atoms with Crippen molar-refractivity contribution in [2.45, 2.75) is 29.7 Å². The van der Waals surface area contributed by atoms with E-state index in [1.54, 1.807) is 7.11 Å². The first-order chi connectivity index (χ1) is 10.9. The molecule has 0 bridgehead atoms. The molecule has 1 fully saturated rings. The van der Waals surface area contributed by atoms with Crippen molar-refractivity contribution in [1.29, 1.82) is 0 Å². The summed E-state index contributed by atoms with van der Waals surface area (Å²) in [5.41, 5.74) is -1.07. The molecule has 0 atom stereocenters. The molecule has 0 aliphatic carbocycles. The average Bonchev–Trinajstić information content (AvgIpc) is 2.53. The van der Waals surface area contributed by atoms with E-state index in [0.29, 0.717) is 39.0 Å². The molecule has 23 heavy (non-hydrogen) atoms. The van der Waals surface area contributed by atoms with Crippen LogP contribution in [0.5, 0.6) is 0 Å². The fourth-order valence-corrected chi connectivity index (χ4v) is 4.44. The molecule has 8 nitrogen and oxygen atoms in total. The molecule has 0 saturated carbocycles. The fourth-order valence-electron chi connectivity index (χ4n) is 2.78. The molecule has 9 heteroatoms. The van der Waals surface area contributed by atoms with Crippen LogP contribution < -0.4 is 10.0 Å². The van der Waals surface area contributed by atoms with Gasteiger partial charge < -0.3 is 10.1 Å². The van der Waals surface area contributed by atoms with Crippen molar-refractivity contribution >= 4 is 15.7 Å². The van der Waals surface area contributed by atoms with Crippen molar-refractivity contribution < 1.29 is 18.1 Å². The van der Waals surface area contributed by atoms with Gasteiger partial charge in [-0.2, -0.15) is 0 Å². The molecule has 0 radical (unpaired) electrons. The Morgan fingerprint density at radius 1 is 1.35 bits per heavy atom. The lowest BCUT2D eigenvalue weighted by atomic mass is 9.87. The second-order valence-corrected chi connectivity index (χ2v) is 7.25. The van der Waals surface area contributed by atoms with Crippen molar-refractivity contribution in [3.63, 3.8) is 0 Å². The van der Waals surface area contributed by atoms with Crippen LogP contribution in [0.25, 0.3) is 0 Å². The predicted octanol–water partition coefficient (Wildman–Crippen LogP) is 1.03. The van der Waals surface area contributed by atoms with Gasteiger partial charge in [-0.3, -0.25) is 10.1 Å². The summed E-state index contributed by atoms with van der Waals surface area (Å²) in [6, 6.07) is 5.37. The summed E-state index contributed by atoms with van der Waals surface area (Å²) in [7, 11) is -2.44. The number of para-hydroxylation sites is 1. The van der Waals surface area contributed by atoms with Gasteiger partial charge in [0.1, 0.15) is 0 Å². The Balaban J connectivity index is 2.33. The van der Waals surface area contributed by atoms with E-state index in [2.05, 4.69) is 10.0 Å². The molecule has 1 aliphatic heterocycles. The molecule has 0 amide bonds. The summed E-state index contributed by atoms with van der Waals surface area (Å²) in [4.78, 5) is 10.1.